The maximum atomic E-state index is 12.6. The van der Waals surface area contributed by atoms with Gasteiger partial charge >= 0.3 is 0 Å². The van der Waals surface area contributed by atoms with Gasteiger partial charge < -0.3 is 24.6 Å². The van der Waals surface area contributed by atoms with E-state index in [0.29, 0.717) is 43.4 Å². The number of aryl methyl sites for hydroxylation is 1. The van der Waals surface area contributed by atoms with E-state index >= 15 is 0 Å². The topological polar surface area (TPSA) is 83.6 Å². The standard InChI is InChI=1S/C19H22N5O3.Ir/c1-12(2)27-13-4-5-15-14(10-13)18(21-20-15)16-11-17(19(25)23(3)22-16)24-6-8-26-9-7-24;/h4-5,10-12H,6-9H2,1-3H3;/q-1;. The summed E-state index contributed by atoms with van der Waals surface area (Å²) in [7, 11) is 1.65. The maximum absolute atomic E-state index is 12.6. The van der Waals surface area contributed by atoms with Crippen LogP contribution in [0.25, 0.3) is 22.3 Å². The van der Waals surface area contributed by atoms with Gasteiger partial charge in [-0.15, -0.1) is 5.52 Å². The van der Waals surface area contributed by atoms with Gasteiger partial charge in [-0.3, -0.25) is 4.79 Å². The van der Waals surface area contributed by atoms with Gasteiger partial charge in [-0.05, 0) is 37.4 Å². The summed E-state index contributed by atoms with van der Waals surface area (Å²) in [6, 6.07) is 7.49. The Bertz CT molecular complexity index is 1020. The molecule has 3 aromatic rings. The van der Waals surface area contributed by atoms with Crippen LogP contribution in [0.5, 0.6) is 5.75 Å². The fourth-order valence-corrected chi connectivity index (χ4v) is 3.22. The minimum absolute atomic E-state index is 0. The summed E-state index contributed by atoms with van der Waals surface area (Å²) in [6.45, 7) is 6.54. The smallest absolute Gasteiger partial charge is 0.290 e. The quantitative estimate of drug-likeness (QED) is 0.479. The average molecular weight is 561 g/mol. The largest absolute Gasteiger partial charge is 0.574 e. The van der Waals surface area contributed by atoms with Crippen molar-refractivity contribution in [3.8, 4) is 17.1 Å². The molecule has 0 unspecified atom stereocenters. The van der Waals surface area contributed by atoms with Crippen molar-refractivity contribution in [2.75, 3.05) is 31.2 Å². The molecule has 1 saturated heterocycles. The third-order valence-corrected chi connectivity index (χ3v) is 4.49. The minimum atomic E-state index is -0.131. The molecule has 2 aromatic heterocycles. The van der Waals surface area contributed by atoms with Crippen molar-refractivity contribution in [1.82, 2.24) is 20.0 Å². The molecule has 28 heavy (non-hydrogen) atoms. The van der Waals surface area contributed by atoms with Crippen LogP contribution in [0, 0.1) is 0 Å². The predicted octanol–water partition coefficient (Wildman–Crippen LogP) is 1.57. The average Bonchev–Trinajstić information content (AvgIpc) is 3.07. The molecule has 9 heteroatoms. The Balaban J connectivity index is 0.00000225. The molecule has 4 rings (SSSR count). The number of anilines is 1. The number of hydrogen-bond acceptors (Lipinski definition) is 6. The van der Waals surface area contributed by atoms with Crippen molar-refractivity contribution < 1.29 is 29.6 Å². The van der Waals surface area contributed by atoms with Crippen LogP contribution in [-0.2, 0) is 31.9 Å². The molecule has 1 aliphatic heterocycles. The zero-order chi connectivity index (χ0) is 19.0. The van der Waals surface area contributed by atoms with E-state index in [-0.39, 0.29) is 31.8 Å². The first kappa shape index (κ1) is 20.5. The number of hydrogen-bond donors (Lipinski definition) is 0. The Labute approximate surface area is 176 Å². The van der Waals surface area contributed by atoms with Gasteiger partial charge in [-0.1, -0.05) is 6.07 Å². The van der Waals surface area contributed by atoms with E-state index in [9.17, 15) is 4.79 Å². The van der Waals surface area contributed by atoms with E-state index in [1.807, 2.05) is 36.9 Å². The maximum Gasteiger partial charge on any atom is 0.290 e. The van der Waals surface area contributed by atoms with E-state index in [1.165, 1.54) is 4.68 Å². The number of aromatic nitrogens is 4. The molecule has 0 aliphatic carbocycles. The predicted molar refractivity (Wildman–Crippen MR) is 102 cm³/mol. The summed E-state index contributed by atoms with van der Waals surface area (Å²) < 4.78 is 12.5. The van der Waals surface area contributed by atoms with Gasteiger partial charge in [-0.2, -0.15) is 5.10 Å². The number of benzene rings is 1. The number of fused-ring (bicyclic) bond motifs is 1. The molecule has 0 N–H and O–H groups in total. The molecule has 1 aliphatic rings. The van der Waals surface area contributed by atoms with E-state index in [1.54, 1.807) is 13.1 Å². The molecule has 0 atom stereocenters. The number of nitrogens with zero attached hydrogens (tertiary/aromatic N) is 5. The molecule has 0 saturated carbocycles. The second-order valence-corrected chi connectivity index (χ2v) is 6.84. The van der Waals surface area contributed by atoms with Gasteiger partial charge in [0.25, 0.3) is 5.56 Å². The van der Waals surface area contributed by atoms with Crippen molar-refractivity contribution >= 4 is 16.6 Å². The summed E-state index contributed by atoms with van der Waals surface area (Å²) in [6.07, 6.45) is 0.0744. The second-order valence-electron chi connectivity index (χ2n) is 6.84. The van der Waals surface area contributed by atoms with Crippen molar-refractivity contribution in [3.05, 3.63) is 34.6 Å². The Hall–Kier alpha value is -2.22. The van der Waals surface area contributed by atoms with Gasteiger partial charge in [0.2, 0.25) is 0 Å². The zero-order valence-corrected chi connectivity index (χ0v) is 18.4. The molecule has 1 radical (unpaired) electrons. The third kappa shape index (κ3) is 3.97. The summed E-state index contributed by atoms with van der Waals surface area (Å²) >= 11 is 0. The Morgan fingerprint density at radius 3 is 2.68 bits per heavy atom. The SMILES string of the molecule is CC(C)Oc1ccc2[n-]nc(-c3cc(N4CCOCC4)c(=O)n(C)n3)c2c1.[Ir]. The molecular weight excluding hydrogens is 538 g/mol. The summed E-state index contributed by atoms with van der Waals surface area (Å²) in [4.78, 5) is 14.6. The number of morpholine rings is 1. The molecule has 151 valence electrons. The Kier molecular flexibility index (Phi) is 6.17. The minimum Gasteiger partial charge on any atom is -0.574 e. The Morgan fingerprint density at radius 1 is 1.21 bits per heavy atom. The fourth-order valence-electron chi connectivity index (χ4n) is 3.22. The Morgan fingerprint density at radius 2 is 1.96 bits per heavy atom. The molecule has 8 nitrogen and oxygen atoms in total. The zero-order valence-electron chi connectivity index (χ0n) is 16.0. The van der Waals surface area contributed by atoms with Gasteiger partial charge in [0.1, 0.15) is 17.1 Å². The second kappa shape index (κ2) is 8.43. The van der Waals surface area contributed by atoms with Crippen LogP contribution in [0.3, 0.4) is 0 Å². The van der Waals surface area contributed by atoms with Crippen LogP contribution >= 0.6 is 0 Å². The van der Waals surface area contributed by atoms with E-state index in [0.717, 1.165) is 16.7 Å². The van der Waals surface area contributed by atoms with E-state index in [2.05, 4.69) is 15.3 Å². The monoisotopic (exact) mass is 561 g/mol. The van der Waals surface area contributed by atoms with Gasteiger partial charge in [0, 0.05) is 40.2 Å². The summed E-state index contributed by atoms with van der Waals surface area (Å²) in [5.41, 5.74) is 2.50. The first-order valence-corrected chi connectivity index (χ1v) is 9.04. The molecule has 0 spiro atoms. The van der Waals surface area contributed by atoms with Crippen LogP contribution < -0.4 is 20.3 Å². The summed E-state index contributed by atoms with van der Waals surface area (Å²) in [5.74, 6) is 0.756. The van der Waals surface area contributed by atoms with Crippen LogP contribution in [0.4, 0.5) is 5.69 Å². The van der Waals surface area contributed by atoms with E-state index < -0.39 is 0 Å². The van der Waals surface area contributed by atoms with Crippen molar-refractivity contribution in [1.29, 1.82) is 0 Å². The van der Waals surface area contributed by atoms with E-state index in [4.69, 9.17) is 9.47 Å². The normalized spacial score (nSPS) is 14.4. The molecule has 0 bridgehead atoms. The van der Waals surface area contributed by atoms with Crippen molar-refractivity contribution in [2.24, 2.45) is 7.05 Å². The molecule has 3 heterocycles. The number of rotatable bonds is 4. The van der Waals surface area contributed by atoms with Crippen molar-refractivity contribution in [3.63, 3.8) is 0 Å². The number of ether oxygens (including phenoxy) is 2. The first-order valence-electron chi connectivity index (χ1n) is 9.04. The van der Waals surface area contributed by atoms with Gasteiger partial charge in [0.05, 0.1) is 25.0 Å². The van der Waals surface area contributed by atoms with Crippen LogP contribution in [-0.4, -0.2) is 47.3 Å². The fraction of sp³-hybridized carbons (Fsp3) is 0.421. The van der Waals surface area contributed by atoms with Crippen LogP contribution in [0.2, 0.25) is 0 Å². The first-order chi connectivity index (χ1) is 13.0. The van der Waals surface area contributed by atoms with Crippen molar-refractivity contribution in [2.45, 2.75) is 20.0 Å². The third-order valence-electron chi connectivity index (χ3n) is 4.49. The van der Waals surface area contributed by atoms with Crippen LogP contribution in [0.15, 0.2) is 29.1 Å². The molecular formula is C19H22IrN5O3-. The molecule has 1 aromatic carbocycles. The molecule has 0 amide bonds. The van der Waals surface area contributed by atoms with Crippen LogP contribution in [0.1, 0.15) is 13.8 Å². The van der Waals surface area contributed by atoms with Gasteiger partial charge in [0.15, 0.2) is 0 Å². The molecule has 1 fully saturated rings. The summed E-state index contributed by atoms with van der Waals surface area (Å²) in [5, 5.41) is 13.8. The van der Waals surface area contributed by atoms with Gasteiger partial charge in [-0.25, -0.2) is 4.68 Å².